The molecule has 1 saturated heterocycles. The molecule has 0 saturated carbocycles. The molecule has 2 radical (unpaired) electrons. The van der Waals surface area contributed by atoms with Gasteiger partial charge in [0.1, 0.15) is 19.1 Å². The van der Waals surface area contributed by atoms with Gasteiger partial charge in [-0.05, 0) is 12.1 Å². The van der Waals surface area contributed by atoms with Gasteiger partial charge in [0.15, 0.2) is 5.44 Å². The van der Waals surface area contributed by atoms with Crippen LogP contribution >= 0.6 is 11.8 Å². The molecule has 0 spiro atoms. The van der Waals surface area contributed by atoms with E-state index in [1.807, 2.05) is 0 Å². The second-order valence-electron chi connectivity index (χ2n) is 4.45. The highest BCUT2D eigenvalue weighted by molar-refractivity contribution is 8.01. The van der Waals surface area contributed by atoms with Crippen molar-refractivity contribution in [2.75, 3.05) is 7.11 Å². The maximum absolute atomic E-state index is 11.9. The lowest BCUT2D eigenvalue weighted by atomic mass is 10.0. The lowest BCUT2D eigenvalue weighted by Gasteiger charge is -2.18. The summed E-state index contributed by atoms with van der Waals surface area (Å²) >= 11 is 1.03. The molecular weight excluding hydrogens is 307 g/mol. The van der Waals surface area contributed by atoms with Gasteiger partial charge in [-0.3, -0.25) is 9.59 Å². The smallest absolute Gasteiger partial charge is 0.337 e. The molecule has 1 aromatic rings. The molecule has 1 fully saturated rings. The highest BCUT2D eigenvalue weighted by Gasteiger charge is 2.40. The predicted molar refractivity (Wildman–Crippen MR) is 79.3 cm³/mol. The van der Waals surface area contributed by atoms with Crippen LogP contribution in [-0.4, -0.2) is 49.6 Å². The summed E-state index contributed by atoms with van der Waals surface area (Å²) in [4.78, 5) is 34.7. The fourth-order valence-electron chi connectivity index (χ4n) is 1.77. The number of ether oxygens (including phenoxy) is 3. The molecule has 6 nitrogen and oxygen atoms in total. The van der Waals surface area contributed by atoms with Gasteiger partial charge in [-0.25, -0.2) is 4.79 Å². The van der Waals surface area contributed by atoms with Gasteiger partial charge in [0.2, 0.25) is 0 Å². The molecule has 1 aromatic carbocycles. The SMILES string of the molecule is [B][C@H](OC(=O)c1ccccc1)C1OC(=O)[C@H](CC(=O)OC)S1. The third kappa shape index (κ3) is 4.04. The predicted octanol–water partition coefficient (Wildman–Crippen LogP) is 0.886. The first-order valence-corrected chi connectivity index (χ1v) is 7.40. The van der Waals surface area contributed by atoms with Gasteiger partial charge >= 0.3 is 17.9 Å². The van der Waals surface area contributed by atoms with E-state index in [9.17, 15) is 14.4 Å². The molecule has 114 valence electrons. The Labute approximate surface area is 132 Å². The van der Waals surface area contributed by atoms with E-state index in [0.717, 1.165) is 11.8 Å². The molecule has 0 N–H and O–H groups in total. The minimum absolute atomic E-state index is 0.115. The molecule has 1 aliphatic heterocycles. The van der Waals surface area contributed by atoms with E-state index in [-0.39, 0.29) is 6.42 Å². The van der Waals surface area contributed by atoms with E-state index in [1.54, 1.807) is 30.3 Å². The lowest BCUT2D eigenvalue weighted by molar-refractivity contribution is -0.148. The number of carbonyl (C=O) groups excluding carboxylic acids is 3. The molecule has 0 bridgehead atoms. The van der Waals surface area contributed by atoms with Crippen molar-refractivity contribution in [3.8, 4) is 0 Å². The summed E-state index contributed by atoms with van der Waals surface area (Å²) in [6.45, 7) is 0. The molecule has 2 rings (SSSR count). The van der Waals surface area contributed by atoms with Crippen LogP contribution in [0.15, 0.2) is 30.3 Å². The molecular formula is C14H13BO6S. The highest BCUT2D eigenvalue weighted by atomic mass is 32.2. The minimum atomic E-state index is -1.12. The Kier molecular flexibility index (Phi) is 5.49. The lowest BCUT2D eigenvalue weighted by Crippen LogP contribution is -2.29. The Hall–Kier alpha value is -1.96. The maximum atomic E-state index is 11.9. The van der Waals surface area contributed by atoms with Crippen molar-refractivity contribution in [1.29, 1.82) is 0 Å². The standard InChI is InChI=1S/C14H13BO6S/c1-19-10(16)7-9-13(18)21-14(22-9)11(15)20-12(17)8-5-3-2-4-6-8/h2-6,9,11,14H,7H2,1H3/t9-,11+,14?/m0/s1. The first-order valence-electron chi connectivity index (χ1n) is 6.45. The maximum Gasteiger partial charge on any atom is 0.337 e. The van der Waals surface area contributed by atoms with Gasteiger partial charge in [0, 0.05) is 0 Å². The minimum Gasteiger partial charge on any atom is -0.469 e. The van der Waals surface area contributed by atoms with E-state index in [0.29, 0.717) is 5.56 Å². The first-order chi connectivity index (χ1) is 10.5. The molecule has 0 aromatic heterocycles. The Balaban J connectivity index is 1.91. The monoisotopic (exact) mass is 320 g/mol. The van der Waals surface area contributed by atoms with Crippen LogP contribution in [0, 0.1) is 0 Å². The summed E-state index contributed by atoms with van der Waals surface area (Å²) in [6.07, 6.45) is -0.115. The number of thioether (sulfide) groups is 1. The van der Waals surface area contributed by atoms with Gasteiger partial charge in [-0.1, -0.05) is 30.0 Å². The highest BCUT2D eigenvalue weighted by Crippen LogP contribution is 2.33. The van der Waals surface area contributed by atoms with Crippen molar-refractivity contribution in [2.24, 2.45) is 0 Å². The Morgan fingerprint density at radius 1 is 1.36 bits per heavy atom. The number of hydrogen-bond donors (Lipinski definition) is 0. The summed E-state index contributed by atoms with van der Waals surface area (Å²) in [7, 11) is 6.98. The number of rotatable bonds is 5. The normalized spacial score (nSPS) is 21.8. The van der Waals surface area contributed by atoms with Crippen molar-refractivity contribution >= 4 is 37.5 Å². The summed E-state index contributed by atoms with van der Waals surface area (Å²) in [5, 5.41) is -0.709. The first kappa shape index (κ1) is 16.4. The van der Waals surface area contributed by atoms with Crippen molar-refractivity contribution < 1.29 is 28.6 Å². The van der Waals surface area contributed by atoms with Crippen molar-refractivity contribution in [3.05, 3.63) is 35.9 Å². The van der Waals surface area contributed by atoms with E-state index in [2.05, 4.69) is 4.74 Å². The van der Waals surface area contributed by atoms with Gasteiger partial charge in [-0.2, -0.15) is 0 Å². The van der Waals surface area contributed by atoms with Crippen LogP contribution in [0.2, 0.25) is 0 Å². The molecule has 3 atom stereocenters. The molecule has 1 aliphatic rings. The quantitative estimate of drug-likeness (QED) is 0.453. The molecule has 1 heterocycles. The van der Waals surface area contributed by atoms with E-state index >= 15 is 0 Å². The third-order valence-electron chi connectivity index (χ3n) is 2.89. The van der Waals surface area contributed by atoms with Gasteiger partial charge in [-0.15, -0.1) is 0 Å². The Morgan fingerprint density at radius 3 is 2.68 bits per heavy atom. The number of cyclic esters (lactones) is 1. The van der Waals surface area contributed by atoms with Gasteiger partial charge in [0.05, 0.1) is 19.1 Å². The molecule has 22 heavy (non-hydrogen) atoms. The van der Waals surface area contributed by atoms with Gasteiger partial charge in [0.25, 0.3) is 0 Å². The zero-order valence-corrected chi connectivity index (χ0v) is 12.6. The summed E-state index contributed by atoms with van der Waals surface area (Å²) < 4.78 is 14.6. The number of carbonyl (C=O) groups is 3. The number of benzene rings is 1. The second kappa shape index (κ2) is 7.35. The second-order valence-corrected chi connectivity index (χ2v) is 5.75. The zero-order chi connectivity index (χ0) is 16.1. The zero-order valence-electron chi connectivity index (χ0n) is 11.8. The summed E-state index contributed by atoms with van der Waals surface area (Å²) in [5.74, 6) is -1.71. The third-order valence-corrected chi connectivity index (χ3v) is 4.21. The number of esters is 3. The summed E-state index contributed by atoms with van der Waals surface area (Å²) in [5.41, 5.74) is -0.506. The van der Waals surface area contributed by atoms with Crippen LogP contribution in [-0.2, 0) is 23.8 Å². The fourth-order valence-corrected chi connectivity index (χ4v) is 2.85. The largest absolute Gasteiger partial charge is 0.469 e. The van der Waals surface area contributed by atoms with Gasteiger partial charge < -0.3 is 14.2 Å². The van der Waals surface area contributed by atoms with Crippen LogP contribution < -0.4 is 0 Å². The summed E-state index contributed by atoms with van der Waals surface area (Å²) in [6, 6.07) is 7.20. The average Bonchev–Trinajstić information content (AvgIpc) is 2.89. The molecule has 1 unspecified atom stereocenters. The van der Waals surface area contributed by atoms with Crippen LogP contribution in [0.5, 0.6) is 0 Å². The van der Waals surface area contributed by atoms with E-state index in [4.69, 9.17) is 17.3 Å². The number of methoxy groups -OCH3 is 1. The van der Waals surface area contributed by atoms with E-state index < -0.39 is 34.6 Å². The van der Waals surface area contributed by atoms with E-state index in [1.165, 1.54) is 7.11 Å². The van der Waals surface area contributed by atoms with Crippen LogP contribution in [0.4, 0.5) is 0 Å². The van der Waals surface area contributed by atoms with Crippen LogP contribution in [0.1, 0.15) is 16.8 Å². The fraction of sp³-hybridized carbons (Fsp3) is 0.357. The Bertz CT molecular complexity index is 564. The van der Waals surface area contributed by atoms with Crippen molar-refractivity contribution in [2.45, 2.75) is 23.1 Å². The van der Waals surface area contributed by atoms with Crippen LogP contribution in [0.3, 0.4) is 0 Å². The van der Waals surface area contributed by atoms with Crippen LogP contribution in [0.25, 0.3) is 0 Å². The molecule has 0 aliphatic carbocycles. The molecule has 8 heteroatoms. The molecule has 0 amide bonds. The van der Waals surface area contributed by atoms with Crippen molar-refractivity contribution in [3.63, 3.8) is 0 Å². The van der Waals surface area contributed by atoms with Crippen molar-refractivity contribution in [1.82, 2.24) is 0 Å². The Morgan fingerprint density at radius 2 is 2.05 bits per heavy atom. The number of hydrogen-bond acceptors (Lipinski definition) is 7. The average molecular weight is 320 g/mol. The topological polar surface area (TPSA) is 78.9 Å².